The number of rotatable bonds is 9. The maximum absolute atomic E-state index is 12.4. The van der Waals surface area contributed by atoms with Gasteiger partial charge in [-0.3, -0.25) is 9.36 Å². The number of nitrogens with one attached hydrogen (secondary N) is 1. The van der Waals surface area contributed by atoms with Gasteiger partial charge in [0.1, 0.15) is 0 Å². The topological polar surface area (TPSA) is 72.7 Å². The van der Waals surface area contributed by atoms with Crippen LogP contribution in [-0.2, 0) is 17.8 Å². The van der Waals surface area contributed by atoms with E-state index in [4.69, 9.17) is 0 Å². The molecule has 3 heterocycles. The number of allylic oxidation sites excluding steroid dienone is 1. The first-order valence-electron chi connectivity index (χ1n) is 9.58. The Morgan fingerprint density at radius 3 is 3.00 bits per heavy atom. The Morgan fingerprint density at radius 1 is 1.33 bits per heavy atom. The molecule has 1 N–H and O–H groups in total. The molecule has 0 saturated carbocycles. The van der Waals surface area contributed by atoms with Crippen molar-refractivity contribution in [2.24, 2.45) is 0 Å². The van der Waals surface area contributed by atoms with E-state index in [2.05, 4.69) is 45.4 Å². The summed E-state index contributed by atoms with van der Waals surface area (Å²) >= 11 is 4.57. The van der Waals surface area contributed by atoms with Gasteiger partial charge < -0.3 is 5.32 Å². The van der Waals surface area contributed by atoms with Gasteiger partial charge in [0.2, 0.25) is 5.91 Å². The molecule has 1 aromatic carbocycles. The van der Waals surface area contributed by atoms with Crippen molar-refractivity contribution in [1.82, 2.24) is 19.7 Å². The van der Waals surface area contributed by atoms with Gasteiger partial charge in [0, 0.05) is 22.4 Å². The highest BCUT2D eigenvalue weighted by Gasteiger charge is 2.16. The molecule has 0 atom stereocenters. The van der Waals surface area contributed by atoms with Gasteiger partial charge in [-0.2, -0.15) is 0 Å². The van der Waals surface area contributed by atoms with Crippen LogP contribution in [0, 0.1) is 0 Å². The monoisotopic (exact) mass is 455 g/mol. The standard InChI is InChI=1S/C21H21N5OS3/c1-3-7-15-11-14(12-28-15)19-24-25-21(26(19)10-4-2)29-13-18(27)23-20-22-16-8-5-6-9-17(16)30-20/h4-6,8-9,11-12H,2-3,7,10,13H2,1H3,(H,22,23,27). The van der Waals surface area contributed by atoms with E-state index in [1.165, 1.54) is 28.0 Å². The van der Waals surface area contributed by atoms with Gasteiger partial charge in [-0.05, 0) is 24.6 Å². The Kier molecular flexibility index (Phi) is 6.61. The quantitative estimate of drug-likeness (QED) is 0.267. The molecule has 0 radical (unpaired) electrons. The third-order valence-electron chi connectivity index (χ3n) is 4.31. The van der Waals surface area contributed by atoms with Crippen LogP contribution in [0.2, 0.25) is 0 Å². The van der Waals surface area contributed by atoms with Crippen LogP contribution in [0.1, 0.15) is 18.2 Å². The van der Waals surface area contributed by atoms with E-state index in [1.54, 1.807) is 11.3 Å². The highest BCUT2D eigenvalue weighted by molar-refractivity contribution is 7.99. The lowest BCUT2D eigenvalue weighted by Crippen LogP contribution is -2.14. The zero-order valence-corrected chi connectivity index (χ0v) is 18.9. The van der Waals surface area contributed by atoms with Crippen molar-refractivity contribution in [2.45, 2.75) is 31.5 Å². The van der Waals surface area contributed by atoms with Crippen molar-refractivity contribution in [2.75, 3.05) is 11.1 Å². The van der Waals surface area contributed by atoms with Crippen molar-refractivity contribution >= 4 is 55.7 Å². The summed E-state index contributed by atoms with van der Waals surface area (Å²) in [5.41, 5.74) is 1.95. The molecule has 3 aromatic heterocycles. The number of hydrogen-bond acceptors (Lipinski definition) is 7. The molecule has 6 nitrogen and oxygen atoms in total. The smallest absolute Gasteiger partial charge is 0.236 e. The van der Waals surface area contributed by atoms with Crippen molar-refractivity contribution in [3.8, 4) is 11.4 Å². The minimum Gasteiger partial charge on any atom is -0.301 e. The summed E-state index contributed by atoms with van der Waals surface area (Å²) in [6.07, 6.45) is 4.00. The second-order valence-corrected chi connectivity index (χ2v) is 9.55. The number of nitrogens with zero attached hydrogens (tertiary/aromatic N) is 4. The minimum absolute atomic E-state index is 0.116. The second-order valence-electron chi connectivity index (χ2n) is 6.58. The van der Waals surface area contributed by atoms with E-state index < -0.39 is 0 Å². The molecule has 0 saturated heterocycles. The number of thiophene rings is 1. The summed E-state index contributed by atoms with van der Waals surface area (Å²) in [5, 5.41) is 15.0. The SMILES string of the molecule is C=CCn1c(SCC(=O)Nc2nc3ccccc3s2)nnc1-c1csc(CCC)c1. The molecule has 0 fully saturated rings. The number of fused-ring (bicyclic) bond motifs is 1. The third-order valence-corrected chi connectivity index (χ3v) is 7.22. The highest BCUT2D eigenvalue weighted by Crippen LogP contribution is 2.29. The van der Waals surface area contributed by atoms with Gasteiger partial charge in [0.05, 0.1) is 16.0 Å². The molecule has 0 aliphatic rings. The van der Waals surface area contributed by atoms with Crippen molar-refractivity contribution in [1.29, 1.82) is 0 Å². The summed E-state index contributed by atoms with van der Waals surface area (Å²) in [6, 6.07) is 10.0. The molecule has 0 unspecified atom stereocenters. The normalized spacial score (nSPS) is 11.1. The molecule has 0 spiro atoms. The Bertz CT molecular complexity index is 1140. The van der Waals surface area contributed by atoms with Crippen LogP contribution in [0.3, 0.4) is 0 Å². The summed E-state index contributed by atoms with van der Waals surface area (Å²) < 4.78 is 3.05. The lowest BCUT2D eigenvalue weighted by atomic mass is 10.2. The predicted octanol–water partition coefficient (Wildman–Crippen LogP) is 5.49. The molecular formula is C21H21N5OS3. The highest BCUT2D eigenvalue weighted by atomic mass is 32.2. The lowest BCUT2D eigenvalue weighted by Gasteiger charge is -2.06. The zero-order chi connectivity index (χ0) is 20.9. The van der Waals surface area contributed by atoms with Gasteiger partial charge in [0.15, 0.2) is 16.1 Å². The molecule has 0 aliphatic heterocycles. The molecule has 4 aromatic rings. The van der Waals surface area contributed by atoms with E-state index in [-0.39, 0.29) is 11.7 Å². The average molecular weight is 456 g/mol. The maximum Gasteiger partial charge on any atom is 0.236 e. The molecule has 9 heteroatoms. The van der Waals surface area contributed by atoms with Gasteiger partial charge in [-0.1, -0.05) is 54.7 Å². The van der Waals surface area contributed by atoms with Crippen LogP contribution >= 0.6 is 34.4 Å². The number of aryl methyl sites for hydroxylation is 1. The molecule has 4 rings (SSSR count). The second kappa shape index (κ2) is 9.55. The van der Waals surface area contributed by atoms with Crippen LogP contribution in [0.15, 0.2) is 53.5 Å². The molecular weight excluding hydrogens is 434 g/mol. The molecule has 30 heavy (non-hydrogen) atoms. The largest absolute Gasteiger partial charge is 0.301 e. The number of anilines is 1. The van der Waals surface area contributed by atoms with E-state index in [1.807, 2.05) is 34.9 Å². The van der Waals surface area contributed by atoms with Crippen molar-refractivity contribution < 1.29 is 4.79 Å². The van der Waals surface area contributed by atoms with Crippen LogP contribution in [-0.4, -0.2) is 31.4 Å². The van der Waals surface area contributed by atoms with Crippen LogP contribution in [0.4, 0.5) is 5.13 Å². The number of carbonyl (C=O) groups excluding carboxylic acids is 1. The number of amides is 1. The maximum atomic E-state index is 12.4. The first-order valence-corrected chi connectivity index (χ1v) is 12.3. The van der Waals surface area contributed by atoms with E-state index in [9.17, 15) is 4.79 Å². The number of thiazole rings is 1. The number of aromatic nitrogens is 4. The number of para-hydroxylation sites is 1. The van der Waals surface area contributed by atoms with Crippen LogP contribution < -0.4 is 5.32 Å². The van der Waals surface area contributed by atoms with E-state index in [0.29, 0.717) is 16.8 Å². The van der Waals surface area contributed by atoms with E-state index >= 15 is 0 Å². The number of carbonyl (C=O) groups is 1. The molecule has 1 amide bonds. The fourth-order valence-electron chi connectivity index (χ4n) is 2.99. The van der Waals surface area contributed by atoms with Crippen LogP contribution in [0.25, 0.3) is 21.6 Å². The van der Waals surface area contributed by atoms with Crippen LogP contribution in [0.5, 0.6) is 0 Å². The summed E-state index contributed by atoms with van der Waals surface area (Å²) in [4.78, 5) is 18.2. The number of hydrogen-bond donors (Lipinski definition) is 1. The van der Waals surface area contributed by atoms with Crippen molar-refractivity contribution in [3.05, 3.63) is 53.2 Å². The predicted molar refractivity (Wildman–Crippen MR) is 127 cm³/mol. The Balaban J connectivity index is 1.45. The van der Waals surface area contributed by atoms with Gasteiger partial charge in [0.25, 0.3) is 0 Å². The van der Waals surface area contributed by atoms with Gasteiger partial charge in [-0.15, -0.1) is 28.1 Å². The third kappa shape index (κ3) is 4.63. The summed E-state index contributed by atoms with van der Waals surface area (Å²) in [5.74, 6) is 0.924. The molecule has 154 valence electrons. The summed E-state index contributed by atoms with van der Waals surface area (Å²) in [7, 11) is 0. The minimum atomic E-state index is -0.116. The fourth-order valence-corrected chi connectivity index (χ4v) is 5.59. The average Bonchev–Trinajstić information content (AvgIpc) is 3.45. The number of thioether (sulfide) groups is 1. The number of benzene rings is 1. The lowest BCUT2D eigenvalue weighted by molar-refractivity contribution is -0.113. The fraction of sp³-hybridized carbons (Fsp3) is 0.238. The van der Waals surface area contributed by atoms with Crippen molar-refractivity contribution in [3.63, 3.8) is 0 Å². The zero-order valence-electron chi connectivity index (χ0n) is 16.5. The first-order chi connectivity index (χ1) is 14.7. The molecule has 0 bridgehead atoms. The Labute approximate surface area is 187 Å². The molecule has 0 aliphatic carbocycles. The first kappa shape index (κ1) is 20.8. The van der Waals surface area contributed by atoms with Gasteiger partial charge >= 0.3 is 0 Å². The Morgan fingerprint density at radius 2 is 2.20 bits per heavy atom. The Hall–Kier alpha value is -2.49. The van der Waals surface area contributed by atoms with E-state index in [0.717, 1.165) is 34.4 Å². The summed E-state index contributed by atoms with van der Waals surface area (Å²) in [6.45, 7) is 6.61. The van der Waals surface area contributed by atoms with Gasteiger partial charge in [-0.25, -0.2) is 4.98 Å².